The van der Waals surface area contributed by atoms with E-state index in [9.17, 15) is 0 Å². The number of anilines is 5. The number of fused-ring (bicyclic) bond motifs is 7. The molecule has 0 saturated heterocycles. The van der Waals surface area contributed by atoms with Gasteiger partial charge in [0.1, 0.15) is 11.3 Å². The van der Waals surface area contributed by atoms with Crippen LogP contribution in [0, 0.1) is 5.82 Å². The Balaban J connectivity index is 0.891. The van der Waals surface area contributed by atoms with Crippen LogP contribution in [0.5, 0.6) is 0 Å². The number of benzene rings is 9. The molecule has 12 rings (SSSR count). The third-order valence-corrected chi connectivity index (χ3v) is 11.8. The lowest BCUT2D eigenvalue weighted by molar-refractivity contribution is 0.620. The zero-order chi connectivity index (χ0) is 41.1. The highest BCUT2D eigenvalue weighted by Crippen LogP contribution is 2.41. The Morgan fingerprint density at radius 1 is 0.484 bits per heavy atom. The maximum absolute atomic E-state index is 15.5. The highest BCUT2D eigenvalue weighted by molar-refractivity contribution is 6.11. The Morgan fingerprint density at radius 2 is 1.11 bits per heavy atom. The van der Waals surface area contributed by atoms with Crippen LogP contribution in [0.25, 0.3) is 77.5 Å². The summed E-state index contributed by atoms with van der Waals surface area (Å²) >= 11 is 0. The second-order valence-electron chi connectivity index (χ2n) is 15.4. The molecule has 0 radical (unpaired) electrons. The van der Waals surface area contributed by atoms with E-state index in [0.29, 0.717) is 17.0 Å². The number of rotatable bonds is 8. The Morgan fingerprint density at radius 3 is 1.87 bits per heavy atom. The van der Waals surface area contributed by atoms with Crippen LogP contribution in [-0.2, 0) is 0 Å². The quantitative estimate of drug-likeness (QED) is 0.166. The predicted molar refractivity (Wildman–Crippen MR) is 252 cm³/mol. The fourth-order valence-corrected chi connectivity index (χ4v) is 9.01. The number of aromatic nitrogens is 3. The van der Waals surface area contributed by atoms with Crippen LogP contribution in [0.15, 0.2) is 217 Å². The molecule has 7 heteroatoms. The summed E-state index contributed by atoms with van der Waals surface area (Å²) in [6.07, 6.45) is 0. The molecule has 3 aromatic heterocycles. The van der Waals surface area contributed by atoms with Crippen molar-refractivity contribution in [3.8, 4) is 22.8 Å². The smallest absolute Gasteiger partial charge is 0.227 e. The lowest BCUT2D eigenvalue weighted by Crippen LogP contribution is -2.09. The SMILES string of the molecule is Fc1cccc2c3ccccc3n(-c3ccccc3Nc3ccc4nc(-c5ccc(-n6c7ccccc7c7ccc(N(c8ccccc8)c8ccccc8)cc76)cc5)oc4c3)c12. The van der Waals surface area contributed by atoms with Crippen molar-refractivity contribution in [1.29, 1.82) is 0 Å². The van der Waals surface area contributed by atoms with Gasteiger partial charge in [-0.2, -0.15) is 0 Å². The third kappa shape index (κ3) is 5.82. The van der Waals surface area contributed by atoms with Crippen molar-refractivity contribution in [3.05, 3.63) is 218 Å². The first-order valence-corrected chi connectivity index (χ1v) is 20.7. The van der Waals surface area contributed by atoms with Crippen LogP contribution in [0.1, 0.15) is 0 Å². The second-order valence-corrected chi connectivity index (χ2v) is 15.4. The van der Waals surface area contributed by atoms with E-state index in [1.165, 1.54) is 16.8 Å². The zero-order valence-electron chi connectivity index (χ0n) is 33.3. The summed E-state index contributed by atoms with van der Waals surface area (Å²) in [5, 5.41) is 7.84. The fourth-order valence-electron chi connectivity index (χ4n) is 9.01. The van der Waals surface area contributed by atoms with Gasteiger partial charge in [0, 0.05) is 61.6 Å². The summed E-state index contributed by atoms with van der Waals surface area (Å²) in [4.78, 5) is 7.19. The molecule has 0 saturated carbocycles. The number of para-hydroxylation sites is 7. The van der Waals surface area contributed by atoms with Gasteiger partial charge in [-0.3, -0.25) is 0 Å². The zero-order valence-corrected chi connectivity index (χ0v) is 33.3. The average Bonchev–Trinajstić information content (AvgIpc) is 4.01. The first-order chi connectivity index (χ1) is 30.7. The molecule has 12 aromatic rings. The van der Waals surface area contributed by atoms with Gasteiger partial charge >= 0.3 is 0 Å². The summed E-state index contributed by atoms with van der Waals surface area (Å²) in [5.41, 5.74) is 12.8. The van der Waals surface area contributed by atoms with Crippen LogP contribution in [0.3, 0.4) is 0 Å². The van der Waals surface area contributed by atoms with Crippen molar-refractivity contribution >= 4 is 83.1 Å². The molecule has 1 N–H and O–H groups in total. The standard InChI is InChI=1S/C55H36FN5O/c56-46-21-13-20-45-43-19-8-11-24-50(43)61(54(45)46)51-25-12-9-22-47(51)57-37-28-33-48-53(34-37)62-55(58-48)36-26-29-40(30-27-36)60-49-23-10-7-18-42(49)44-32-31-41(35-52(44)60)59(38-14-3-1-4-15-38)39-16-5-2-6-17-39/h1-35,57H. The molecule has 62 heavy (non-hydrogen) atoms. The summed E-state index contributed by atoms with van der Waals surface area (Å²) in [6.45, 7) is 0. The maximum Gasteiger partial charge on any atom is 0.227 e. The fraction of sp³-hybridized carbons (Fsp3) is 0. The number of nitrogens with one attached hydrogen (secondary N) is 1. The molecular weight excluding hydrogens is 766 g/mol. The van der Waals surface area contributed by atoms with Gasteiger partial charge in [-0.15, -0.1) is 0 Å². The highest BCUT2D eigenvalue weighted by atomic mass is 19.1. The molecule has 0 unspecified atom stereocenters. The Bertz CT molecular complexity index is 3590. The molecule has 0 atom stereocenters. The molecule has 0 bridgehead atoms. The molecule has 0 aliphatic carbocycles. The summed E-state index contributed by atoms with van der Waals surface area (Å²) in [7, 11) is 0. The molecule has 9 aromatic carbocycles. The first kappa shape index (κ1) is 35.5. The van der Waals surface area contributed by atoms with Crippen molar-refractivity contribution < 1.29 is 8.81 Å². The van der Waals surface area contributed by atoms with Gasteiger partial charge in [0.05, 0.1) is 33.4 Å². The van der Waals surface area contributed by atoms with Crippen molar-refractivity contribution in [2.24, 2.45) is 0 Å². The molecule has 0 amide bonds. The van der Waals surface area contributed by atoms with Crippen molar-refractivity contribution in [2.75, 3.05) is 10.2 Å². The van der Waals surface area contributed by atoms with E-state index < -0.39 is 0 Å². The minimum atomic E-state index is -0.268. The van der Waals surface area contributed by atoms with Crippen molar-refractivity contribution in [3.63, 3.8) is 0 Å². The van der Waals surface area contributed by atoms with Gasteiger partial charge in [-0.05, 0) is 103 Å². The highest BCUT2D eigenvalue weighted by Gasteiger charge is 2.20. The normalized spacial score (nSPS) is 11.6. The second kappa shape index (κ2) is 14.4. The van der Waals surface area contributed by atoms with Crippen LogP contribution < -0.4 is 10.2 Å². The van der Waals surface area contributed by atoms with E-state index in [4.69, 9.17) is 9.40 Å². The van der Waals surface area contributed by atoms with E-state index in [0.717, 1.165) is 78.2 Å². The van der Waals surface area contributed by atoms with Gasteiger partial charge in [0.25, 0.3) is 0 Å². The van der Waals surface area contributed by atoms with E-state index in [2.05, 4.69) is 130 Å². The molecule has 0 aliphatic heterocycles. The lowest BCUT2D eigenvalue weighted by Gasteiger charge is -2.25. The Hall–Kier alpha value is -8.42. The Labute approximate surface area is 356 Å². The minimum absolute atomic E-state index is 0.268. The molecular formula is C55H36FN5O. The first-order valence-electron chi connectivity index (χ1n) is 20.7. The molecule has 6 nitrogen and oxygen atoms in total. The van der Waals surface area contributed by atoms with E-state index in [-0.39, 0.29) is 5.82 Å². The van der Waals surface area contributed by atoms with Crippen molar-refractivity contribution in [1.82, 2.24) is 14.1 Å². The number of hydrogen-bond donors (Lipinski definition) is 1. The van der Waals surface area contributed by atoms with Gasteiger partial charge in [-0.25, -0.2) is 9.37 Å². The number of hydrogen-bond acceptors (Lipinski definition) is 4. The van der Waals surface area contributed by atoms with E-state index in [1.807, 2.05) is 89.5 Å². The van der Waals surface area contributed by atoms with Crippen LogP contribution in [-0.4, -0.2) is 14.1 Å². The molecule has 0 spiro atoms. The van der Waals surface area contributed by atoms with Crippen LogP contribution in [0.2, 0.25) is 0 Å². The van der Waals surface area contributed by atoms with E-state index >= 15 is 4.39 Å². The van der Waals surface area contributed by atoms with Gasteiger partial charge in [0.15, 0.2) is 5.58 Å². The molecule has 0 fully saturated rings. The number of halogens is 1. The van der Waals surface area contributed by atoms with Crippen LogP contribution >= 0.6 is 0 Å². The van der Waals surface area contributed by atoms with Crippen LogP contribution in [0.4, 0.5) is 32.8 Å². The summed E-state index contributed by atoms with van der Waals surface area (Å²) in [6, 6.07) is 71.9. The summed E-state index contributed by atoms with van der Waals surface area (Å²) in [5.74, 6) is 0.270. The van der Waals surface area contributed by atoms with Gasteiger partial charge in [0.2, 0.25) is 5.89 Å². The van der Waals surface area contributed by atoms with Gasteiger partial charge < -0.3 is 23.8 Å². The Kier molecular flexibility index (Phi) is 8.25. The average molecular weight is 802 g/mol. The molecule has 0 aliphatic rings. The number of oxazole rings is 1. The monoisotopic (exact) mass is 801 g/mol. The maximum atomic E-state index is 15.5. The van der Waals surface area contributed by atoms with Gasteiger partial charge in [-0.1, -0.05) is 103 Å². The number of nitrogens with zero attached hydrogens (tertiary/aromatic N) is 4. The topological polar surface area (TPSA) is 51.2 Å². The van der Waals surface area contributed by atoms with E-state index in [1.54, 1.807) is 6.07 Å². The minimum Gasteiger partial charge on any atom is -0.436 e. The largest absolute Gasteiger partial charge is 0.436 e. The van der Waals surface area contributed by atoms with Crippen molar-refractivity contribution in [2.45, 2.75) is 0 Å². The lowest BCUT2D eigenvalue weighted by atomic mass is 10.1. The molecule has 294 valence electrons. The summed E-state index contributed by atoms with van der Waals surface area (Å²) < 4.78 is 26.3. The third-order valence-electron chi connectivity index (χ3n) is 11.8. The molecule has 3 heterocycles. The predicted octanol–water partition coefficient (Wildman–Crippen LogP) is 15.0.